The van der Waals surface area contributed by atoms with Crippen LogP contribution in [0.5, 0.6) is 0 Å². The van der Waals surface area contributed by atoms with Crippen LogP contribution >= 0.6 is 0 Å². The van der Waals surface area contributed by atoms with Crippen molar-refractivity contribution in [3.8, 4) is 0 Å². The Balaban J connectivity index is 1.77. The van der Waals surface area contributed by atoms with Crippen LogP contribution in [0.15, 0.2) is 36.5 Å². The van der Waals surface area contributed by atoms with Crippen molar-refractivity contribution in [3.05, 3.63) is 36.5 Å². The predicted octanol–water partition coefficient (Wildman–Crippen LogP) is 7.80. The largest absolute Gasteiger partial charge is 0.457 e. The Morgan fingerprint density at radius 2 is 0.970 bits per heavy atom. The quantitative estimate of drug-likeness (QED) is 0.0177. The first-order valence-corrected chi connectivity index (χ1v) is 26.1. The molecular weight excluding hydrogens is 849 g/mol. The molecule has 11 atom stereocenters. The fourth-order valence-corrected chi connectivity index (χ4v) is 8.08. The van der Waals surface area contributed by atoms with Gasteiger partial charge in [0.2, 0.25) is 0 Å². The first-order chi connectivity index (χ1) is 32.1. The van der Waals surface area contributed by atoms with E-state index in [1.807, 2.05) is 0 Å². The third-order valence-corrected chi connectivity index (χ3v) is 12.4. The smallest absolute Gasteiger partial charge is 0.306 e. The van der Waals surface area contributed by atoms with E-state index >= 15 is 0 Å². The van der Waals surface area contributed by atoms with E-state index < -0.39 is 80.7 Å². The van der Waals surface area contributed by atoms with E-state index in [-0.39, 0.29) is 25.6 Å². The summed E-state index contributed by atoms with van der Waals surface area (Å²) >= 11 is 0. The topological polar surface area (TPSA) is 214 Å². The summed E-state index contributed by atoms with van der Waals surface area (Å²) in [4.78, 5) is 13.0. The standard InChI is InChI=1S/C52H94O14/c1-3-5-7-9-11-13-15-17-19-20-21-22-23-25-27-29-31-33-35-44(54)64-41(38-61-36-34-32-30-28-26-24-18-16-14-12-10-8-6-4-2)39-62-51-50(60)48(58)46(56)43(66-51)40-63-52-49(59)47(57)45(55)42(37-53)65-52/h8,10,14,16,19-20,41-43,45-53,55-60H,3-7,9,11-13,15,17-18,21-40H2,1-2H3/b10-8-,16-14-,20-19-. The number of ether oxygens (including phenoxy) is 6. The molecule has 66 heavy (non-hydrogen) atoms. The molecule has 0 spiro atoms. The summed E-state index contributed by atoms with van der Waals surface area (Å²) in [6, 6.07) is 0. The number of unbranched alkanes of at least 4 members (excludes halogenated alkanes) is 21. The molecule has 11 unspecified atom stereocenters. The average molecular weight is 943 g/mol. The van der Waals surface area contributed by atoms with E-state index in [2.05, 4.69) is 50.3 Å². The first kappa shape index (κ1) is 60.3. The van der Waals surface area contributed by atoms with Crippen molar-refractivity contribution < 1.29 is 69.0 Å². The Morgan fingerprint density at radius 1 is 0.500 bits per heavy atom. The Hall–Kier alpha value is -1.79. The molecule has 0 amide bonds. The molecule has 2 fully saturated rings. The molecule has 2 heterocycles. The lowest BCUT2D eigenvalue weighted by atomic mass is 9.98. The number of carbonyl (C=O) groups is 1. The summed E-state index contributed by atoms with van der Waals surface area (Å²) in [6.45, 7) is 3.60. The molecule has 0 aromatic heterocycles. The van der Waals surface area contributed by atoms with E-state index in [1.54, 1.807) is 0 Å². The molecule has 0 aromatic rings. The zero-order chi connectivity index (χ0) is 48.0. The number of allylic oxidation sites excluding steroid dienone is 6. The molecule has 14 heteroatoms. The Morgan fingerprint density at radius 3 is 1.53 bits per heavy atom. The Bertz CT molecular complexity index is 1230. The average Bonchev–Trinajstić information content (AvgIpc) is 3.31. The molecule has 0 aromatic carbocycles. The molecule has 14 nitrogen and oxygen atoms in total. The number of rotatable bonds is 41. The monoisotopic (exact) mass is 943 g/mol. The normalized spacial score (nSPS) is 26.6. The maximum Gasteiger partial charge on any atom is 0.306 e. The minimum atomic E-state index is -1.71. The summed E-state index contributed by atoms with van der Waals surface area (Å²) in [6.07, 6.45) is 27.7. The lowest BCUT2D eigenvalue weighted by Crippen LogP contribution is -2.61. The molecule has 0 aliphatic carbocycles. The van der Waals surface area contributed by atoms with Gasteiger partial charge in [0.25, 0.3) is 0 Å². The van der Waals surface area contributed by atoms with Gasteiger partial charge in [0.1, 0.15) is 54.9 Å². The second-order valence-corrected chi connectivity index (χ2v) is 18.3. The zero-order valence-electron chi connectivity index (χ0n) is 40.9. The highest BCUT2D eigenvalue weighted by Crippen LogP contribution is 2.26. The van der Waals surface area contributed by atoms with Crippen LogP contribution < -0.4 is 0 Å². The first-order valence-electron chi connectivity index (χ1n) is 26.1. The lowest BCUT2D eigenvalue weighted by molar-refractivity contribution is -0.332. The van der Waals surface area contributed by atoms with Gasteiger partial charge < -0.3 is 64.2 Å². The van der Waals surface area contributed by atoms with Crippen LogP contribution in [0.3, 0.4) is 0 Å². The SMILES string of the molecule is CCC/C=C\C/C=C\CCCCCCCCOCC(COC1OC(COC2OC(CO)C(O)C(O)C2O)C(O)C(O)C1O)OC(=O)CCCCCCCCC/C=C\CCCCCCCCC. The van der Waals surface area contributed by atoms with Gasteiger partial charge in [-0.25, -0.2) is 0 Å². The van der Waals surface area contributed by atoms with E-state index in [0.29, 0.717) is 13.0 Å². The number of carbonyl (C=O) groups excluding carboxylic acids is 1. The number of aliphatic hydroxyl groups excluding tert-OH is 7. The molecule has 0 radical (unpaired) electrons. The summed E-state index contributed by atoms with van der Waals surface area (Å²) in [5.41, 5.74) is 0. The number of hydrogen-bond donors (Lipinski definition) is 7. The van der Waals surface area contributed by atoms with Gasteiger partial charge in [0, 0.05) is 13.0 Å². The van der Waals surface area contributed by atoms with Crippen molar-refractivity contribution in [1.29, 1.82) is 0 Å². The number of esters is 1. The van der Waals surface area contributed by atoms with Crippen molar-refractivity contribution in [2.24, 2.45) is 0 Å². The second-order valence-electron chi connectivity index (χ2n) is 18.3. The highest BCUT2D eigenvalue weighted by Gasteiger charge is 2.47. The molecule has 7 N–H and O–H groups in total. The fourth-order valence-electron chi connectivity index (χ4n) is 8.08. The van der Waals surface area contributed by atoms with Gasteiger partial charge in [-0.1, -0.05) is 153 Å². The van der Waals surface area contributed by atoms with Crippen molar-refractivity contribution in [2.75, 3.05) is 33.0 Å². The maximum atomic E-state index is 13.0. The van der Waals surface area contributed by atoms with Gasteiger partial charge in [0.05, 0.1) is 26.4 Å². The number of hydrogen-bond acceptors (Lipinski definition) is 14. The molecule has 2 aliphatic rings. The molecule has 0 saturated carbocycles. The molecule has 2 aliphatic heterocycles. The van der Waals surface area contributed by atoms with Crippen LogP contribution in [-0.4, -0.2) is 142 Å². The van der Waals surface area contributed by atoms with Gasteiger partial charge in [0.15, 0.2) is 12.6 Å². The van der Waals surface area contributed by atoms with E-state index in [9.17, 15) is 40.5 Å². The van der Waals surface area contributed by atoms with Crippen molar-refractivity contribution in [2.45, 2.75) is 255 Å². The van der Waals surface area contributed by atoms with Crippen LogP contribution in [0, 0.1) is 0 Å². The molecule has 2 rings (SSSR count). The van der Waals surface area contributed by atoms with Gasteiger partial charge >= 0.3 is 5.97 Å². The summed E-state index contributed by atoms with van der Waals surface area (Å²) in [5.74, 6) is -0.385. The second kappa shape index (κ2) is 40.0. The molecular formula is C52H94O14. The minimum Gasteiger partial charge on any atom is -0.457 e. The van der Waals surface area contributed by atoms with Crippen molar-refractivity contribution >= 4 is 5.97 Å². The van der Waals surface area contributed by atoms with Crippen LogP contribution in [0.2, 0.25) is 0 Å². The van der Waals surface area contributed by atoms with Gasteiger partial charge in [-0.05, 0) is 64.2 Å². The van der Waals surface area contributed by atoms with Gasteiger partial charge in [-0.2, -0.15) is 0 Å². The van der Waals surface area contributed by atoms with Crippen LogP contribution in [-0.2, 0) is 33.2 Å². The lowest BCUT2D eigenvalue weighted by Gasteiger charge is -2.42. The van der Waals surface area contributed by atoms with E-state index in [1.165, 1.54) is 89.9 Å². The van der Waals surface area contributed by atoms with E-state index in [4.69, 9.17) is 28.4 Å². The maximum absolute atomic E-state index is 13.0. The predicted molar refractivity (Wildman–Crippen MR) is 256 cm³/mol. The van der Waals surface area contributed by atoms with Crippen molar-refractivity contribution in [3.63, 3.8) is 0 Å². The Labute approximate surface area is 398 Å². The summed E-state index contributed by atoms with van der Waals surface area (Å²) in [7, 11) is 0. The third-order valence-electron chi connectivity index (χ3n) is 12.4. The summed E-state index contributed by atoms with van der Waals surface area (Å²) < 4.78 is 34.3. The fraction of sp³-hybridized carbons (Fsp3) is 0.865. The van der Waals surface area contributed by atoms with Crippen LogP contribution in [0.25, 0.3) is 0 Å². The molecule has 386 valence electrons. The highest BCUT2D eigenvalue weighted by molar-refractivity contribution is 5.69. The van der Waals surface area contributed by atoms with Crippen LogP contribution in [0.1, 0.15) is 187 Å². The third kappa shape index (κ3) is 27.4. The van der Waals surface area contributed by atoms with Crippen LogP contribution in [0.4, 0.5) is 0 Å². The van der Waals surface area contributed by atoms with E-state index in [0.717, 1.165) is 70.6 Å². The number of aliphatic hydroxyl groups is 7. The summed E-state index contributed by atoms with van der Waals surface area (Å²) in [5, 5.41) is 72.1. The van der Waals surface area contributed by atoms with Gasteiger partial charge in [-0.3, -0.25) is 4.79 Å². The van der Waals surface area contributed by atoms with Gasteiger partial charge in [-0.15, -0.1) is 0 Å². The molecule has 2 saturated heterocycles. The molecule has 0 bridgehead atoms. The Kier molecular flexibility index (Phi) is 36.6. The highest BCUT2D eigenvalue weighted by atomic mass is 16.7. The zero-order valence-corrected chi connectivity index (χ0v) is 40.9. The van der Waals surface area contributed by atoms with Crippen molar-refractivity contribution in [1.82, 2.24) is 0 Å². The minimum absolute atomic E-state index is 0.0532.